The Morgan fingerprint density at radius 1 is 1.35 bits per heavy atom. The summed E-state index contributed by atoms with van der Waals surface area (Å²) in [4.78, 5) is 14.3. The molecule has 0 saturated carbocycles. The molecule has 1 saturated heterocycles. The number of amides is 1. The van der Waals surface area contributed by atoms with Crippen LogP contribution in [0.4, 0.5) is 10.5 Å². The molecule has 0 aromatic heterocycles. The smallest absolute Gasteiger partial charge is 0.411 e. The molecule has 5 heteroatoms. The Morgan fingerprint density at radius 2 is 2.17 bits per heavy atom. The van der Waals surface area contributed by atoms with Gasteiger partial charge in [-0.2, -0.15) is 0 Å². The van der Waals surface area contributed by atoms with Crippen LogP contribution < -0.4 is 10.1 Å². The van der Waals surface area contributed by atoms with Gasteiger partial charge in [0.25, 0.3) is 0 Å². The van der Waals surface area contributed by atoms with E-state index in [1.807, 2.05) is 24.3 Å². The van der Waals surface area contributed by atoms with Crippen molar-refractivity contribution < 1.29 is 14.3 Å². The fraction of sp³-hybridized carbons (Fsp3) is 0.611. The quantitative estimate of drug-likeness (QED) is 0.774. The minimum atomic E-state index is -0.421. The first-order valence-electron chi connectivity index (χ1n) is 8.56. The number of carbonyl (C=O) groups excluding carboxylic acids is 1. The van der Waals surface area contributed by atoms with Gasteiger partial charge in [-0.15, -0.1) is 0 Å². The van der Waals surface area contributed by atoms with Gasteiger partial charge in [0.15, 0.2) is 0 Å². The zero-order chi connectivity index (χ0) is 16.5. The maximum absolute atomic E-state index is 12.0. The summed E-state index contributed by atoms with van der Waals surface area (Å²) >= 11 is 0. The van der Waals surface area contributed by atoms with Crippen molar-refractivity contribution in [2.75, 3.05) is 32.1 Å². The van der Waals surface area contributed by atoms with Gasteiger partial charge in [-0.1, -0.05) is 31.9 Å². The van der Waals surface area contributed by atoms with Gasteiger partial charge in [-0.3, -0.25) is 5.32 Å². The van der Waals surface area contributed by atoms with Gasteiger partial charge in [0.2, 0.25) is 0 Å². The highest BCUT2D eigenvalue weighted by Crippen LogP contribution is 2.24. The van der Waals surface area contributed by atoms with Crippen LogP contribution in [0.3, 0.4) is 0 Å². The molecule has 0 radical (unpaired) electrons. The van der Waals surface area contributed by atoms with Crippen molar-refractivity contribution in [1.82, 2.24) is 4.90 Å². The number of nitrogens with one attached hydrogen (secondary N) is 1. The molecule has 1 aliphatic rings. The number of anilines is 1. The lowest BCUT2D eigenvalue weighted by molar-refractivity contribution is 0.0907. The summed E-state index contributed by atoms with van der Waals surface area (Å²) in [6, 6.07) is 7.78. The highest BCUT2D eigenvalue weighted by molar-refractivity contribution is 5.86. The van der Waals surface area contributed by atoms with Crippen LogP contribution in [0.15, 0.2) is 24.3 Å². The highest BCUT2D eigenvalue weighted by Gasteiger charge is 2.20. The van der Waals surface area contributed by atoms with E-state index in [2.05, 4.69) is 24.2 Å². The van der Waals surface area contributed by atoms with E-state index in [0.29, 0.717) is 30.7 Å². The number of para-hydroxylation sites is 2. The minimum Gasteiger partial charge on any atom is -0.491 e. The molecule has 5 nitrogen and oxygen atoms in total. The Kier molecular flexibility index (Phi) is 7.20. The lowest BCUT2D eigenvalue weighted by Crippen LogP contribution is -2.40. The summed E-state index contributed by atoms with van der Waals surface area (Å²) in [5, 5.41) is 2.79. The molecule has 1 atom stereocenters. The van der Waals surface area contributed by atoms with Gasteiger partial charge in [-0.25, -0.2) is 4.79 Å². The molecule has 1 aromatic rings. The van der Waals surface area contributed by atoms with E-state index in [4.69, 9.17) is 9.47 Å². The first-order valence-corrected chi connectivity index (χ1v) is 8.56. The number of likely N-dealkylation sites (tertiary alicyclic amines) is 1. The van der Waals surface area contributed by atoms with Gasteiger partial charge in [0.1, 0.15) is 12.4 Å². The number of piperidine rings is 1. The van der Waals surface area contributed by atoms with E-state index in [9.17, 15) is 4.79 Å². The van der Waals surface area contributed by atoms with Crippen LogP contribution in [-0.4, -0.2) is 43.8 Å². The number of ether oxygens (including phenoxy) is 2. The average Bonchev–Trinajstić information content (AvgIpc) is 2.56. The number of hydrogen-bond acceptors (Lipinski definition) is 4. The van der Waals surface area contributed by atoms with E-state index in [0.717, 1.165) is 25.8 Å². The Hall–Kier alpha value is -1.75. The number of rotatable bonds is 7. The Bertz CT molecular complexity index is 493. The predicted molar refractivity (Wildman–Crippen MR) is 92.1 cm³/mol. The molecule has 0 bridgehead atoms. The third-order valence-corrected chi connectivity index (χ3v) is 4.21. The molecule has 0 spiro atoms. The van der Waals surface area contributed by atoms with Crippen molar-refractivity contribution in [2.24, 2.45) is 0 Å². The topological polar surface area (TPSA) is 50.8 Å². The predicted octanol–water partition coefficient (Wildman–Crippen LogP) is 3.90. The van der Waals surface area contributed by atoms with E-state index in [1.54, 1.807) is 0 Å². The van der Waals surface area contributed by atoms with Crippen molar-refractivity contribution in [3.63, 3.8) is 0 Å². The molecule has 1 aromatic carbocycles. The minimum absolute atomic E-state index is 0.325. The molecule has 1 amide bonds. The van der Waals surface area contributed by atoms with Crippen molar-refractivity contribution in [3.05, 3.63) is 24.3 Å². The second-order valence-corrected chi connectivity index (χ2v) is 6.05. The third-order valence-electron chi connectivity index (χ3n) is 4.21. The fourth-order valence-electron chi connectivity index (χ4n) is 2.69. The van der Waals surface area contributed by atoms with Crippen LogP contribution in [-0.2, 0) is 4.74 Å². The van der Waals surface area contributed by atoms with Crippen molar-refractivity contribution >= 4 is 11.8 Å². The molecule has 1 heterocycles. The Balaban J connectivity index is 1.82. The molecule has 0 unspecified atom stereocenters. The average molecular weight is 320 g/mol. The standard InChI is InChI=1S/C18H28N2O3/c1-3-4-13-22-17-11-6-5-10-16(17)19-18(21)23-14-15-9-7-8-12-20(15)2/h5-6,10-11,15H,3-4,7-9,12-14H2,1-2H3,(H,19,21)/t15-/m1/s1. The van der Waals surface area contributed by atoms with Crippen LogP contribution in [0.25, 0.3) is 0 Å². The summed E-state index contributed by atoms with van der Waals surface area (Å²) in [5.41, 5.74) is 0.658. The maximum atomic E-state index is 12.0. The second kappa shape index (κ2) is 9.40. The van der Waals surface area contributed by atoms with Crippen molar-refractivity contribution in [3.8, 4) is 5.75 Å². The number of hydrogen-bond donors (Lipinski definition) is 1. The number of likely N-dealkylation sites (N-methyl/N-ethyl adjacent to an activating group) is 1. The van der Waals surface area contributed by atoms with E-state index < -0.39 is 6.09 Å². The van der Waals surface area contributed by atoms with Crippen LogP contribution in [0.5, 0.6) is 5.75 Å². The van der Waals surface area contributed by atoms with E-state index in [1.165, 1.54) is 12.8 Å². The number of nitrogens with zero attached hydrogens (tertiary/aromatic N) is 1. The summed E-state index contributed by atoms with van der Waals surface area (Å²) in [5.74, 6) is 0.688. The zero-order valence-corrected chi connectivity index (χ0v) is 14.2. The molecular weight excluding hydrogens is 292 g/mol. The summed E-state index contributed by atoms with van der Waals surface area (Å²) in [6.07, 6.45) is 5.16. The van der Waals surface area contributed by atoms with Crippen LogP contribution in [0.1, 0.15) is 39.0 Å². The summed E-state index contributed by atoms with van der Waals surface area (Å²) in [7, 11) is 2.09. The normalized spacial score (nSPS) is 18.4. The van der Waals surface area contributed by atoms with Gasteiger partial charge in [-0.05, 0) is 45.0 Å². The molecule has 128 valence electrons. The zero-order valence-electron chi connectivity index (χ0n) is 14.2. The van der Waals surface area contributed by atoms with Crippen LogP contribution in [0, 0.1) is 0 Å². The Labute approximate surface area is 139 Å². The Morgan fingerprint density at radius 3 is 2.96 bits per heavy atom. The fourth-order valence-corrected chi connectivity index (χ4v) is 2.69. The number of carbonyl (C=O) groups is 1. The monoisotopic (exact) mass is 320 g/mol. The van der Waals surface area contributed by atoms with Gasteiger partial charge < -0.3 is 14.4 Å². The lowest BCUT2D eigenvalue weighted by atomic mass is 10.0. The lowest BCUT2D eigenvalue weighted by Gasteiger charge is -2.31. The third kappa shape index (κ3) is 5.75. The first kappa shape index (κ1) is 17.6. The summed E-state index contributed by atoms with van der Waals surface area (Å²) < 4.78 is 11.1. The van der Waals surface area contributed by atoms with Gasteiger partial charge >= 0.3 is 6.09 Å². The molecule has 23 heavy (non-hydrogen) atoms. The molecule has 1 fully saturated rings. The largest absolute Gasteiger partial charge is 0.491 e. The molecule has 1 aliphatic heterocycles. The van der Waals surface area contributed by atoms with Gasteiger partial charge in [0.05, 0.1) is 12.3 Å². The van der Waals surface area contributed by atoms with E-state index >= 15 is 0 Å². The molecule has 1 N–H and O–H groups in total. The van der Waals surface area contributed by atoms with Crippen molar-refractivity contribution in [2.45, 2.75) is 45.1 Å². The SMILES string of the molecule is CCCCOc1ccccc1NC(=O)OC[C@H]1CCCCN1C. The molecule has 2 rings (SSSR count). The van der Waals surface area contributed by atoms with Gasteiger partial charge in [0, 0.05) is 6.04 Å². The van der Waals surface area contributed by atoms with Crippen LogP contribution in [0.2, 0.25) is 0 Å². The van der Waals surface area contributed by atoms with E-state index in [-0.39, 0.29) is 0 Å². The highest BCUT2D eigenvalue weighted by atomic mass is 16.5. The van der Waals surface area contributed by atoms with Crippen molar-refractivity contribution in [1.29, 1.82) is 0 Å². The summed E-state index contributed by atoms with van der Waals surface area (Å²) in [6.45, 7) is 4.27. The maximum Gasteiger partial charge on any atom is 0.411 e. The number of benzene rings is 1. The number of unbranched alkanes of at least 4 members (excludes halogenated alkanes) is 1. The van der Waals surface area contributed by atoms with Crippen LogP contribution >= 0.6 is 0 Å². The molecule has 0 aliphatic carbocycles. The first-order chi connectivity index (χ1) is 11.2. The second-order valence-electron chi connectivity index (χ2n) is 6.05. The molecular formula is C18H28N2O3.